The van der Waals surface area contributed by atoms with Gasteiger partial charge in [0.05, 0.1) is 13.2 Å². The molecule has 3 N–H and O–H groups in total. The van der Waals surface area contributed by atoms with E-state index in [-0.39, 0.29) is 18.4 Å². The summed E-state index contributed by atoms with van der Waals surface area (Å²) in [6, 6.07) is 6.16. The molecule has 0 saturated carbocycles. The molecule has 0 saturated heterocycles. The Morgan fingerprint density at radius 2 is 1.90 bits per heavy atom. The summed E-state index contributed by atoms with van der Waals surface area (Å²) in [5.74, 6) is -0.0308. The largest absolute Gasteiger partial charge is 0.482 e. The van der Waals surface area contributed by atoms with E-state index < -0.39 is 12.0 Å². The van der Waals surface area contributed by atoms with Gasteiger partial charge in [-0.15, -0.1) is 0 Å². The molecule has 1 aromatic carbocycles. The van der Waals surface area contributed by atoms with Gasteiger partial charge in [-0.2, -0.15) is 0 Å². The highest BCUT2D eigenvalue weighted by atomic mass is 16.6. The van der Waals surface area contributed by atoms with E-state index in [2.05, 4.69) is 10.1 Å². The van der Waals surface area contributed by atoms with E-state index in [1.54, 1.807) is 24.3 Å². The Balaban J connectivity index is 2.54. The van der Waals surface area contributed by atoms with Crippen LogP contribution >= 0.6 is 0 Å². The topological polar surface area (TPSA) is 90.7 Å². The van der Waals surface area contributed by atoms with E-state index in [9.17, 15) is 9.59 Å². The van der Waals surface area contributed by atoms with Crippen molar-refractivity contribution in [2.24, 2.45) is 11.7 Å². The van der Waals surface area contributed by atoms with Crippen LogP contribution in [-0.2, 0) is 14.3 Å². The SMILES string of the molecule is CCC(C)C(N)C(=O)Nc1ccc(OCC(=O)OC)cc1. The van der Waals surface area contributed by atoms with Crippen molar-refractivity contribution in [2.75, 3.05) is 19.0 Å². The van der Waals surface area contributed by atoms with Crippen molar-refractivity contribution < 1.29 is 19.1 Å². The average Bonchev–Trinajstić information content (AvgIpc) is 2.52. The maximum absolute atomic E-state index is 11.9. The molecule has 0 aliphatic rings. The quantitative estimate of drug-likeness (QED) is 0.745. The first-order chi connectivity index (χ1) is 9.97. The van der Waals surface area contributed by atoms with Gasteiger partial charge in [-0.1, -0.05) is 20.3 Å². The minimum absolute atomic E-state index is 0.118. The zero-order valence-electron chi connectivity index (χ0n) is 12.6. The first-order valence-electron chi connectivity index (χ1n) is 6.84. The van der Waals surface area contributed by atoms with Gasteiger partial charge < -0.3 is 20.5 Å². The monoisotopic (exact) mass is 294 g/mol. The predicted molar refractivity (Wildman–Crippen MR) is 80.0 cm³/mol. The van der Waals surface area contributed by atoms with E-state index >= 15 is 0 Å². The predicted octanol–water partition coefficient (Wildman–Crippen LogP) is 1.55. The number of anilines is 1. The molecule has 0 radical (unpaired) electrons. The number of carbonyl (C=O) groups is 2. The highest BCUT2D eigenvalue weighted by molar-refractivity contribution is 5.94. The third-order valence-electron chi connectivity index (χ3n) is 3.27. The molecule has 0 aromatic heterocycles. The van der Waals surface area contributed by atoms with Crippen molar-refractivity contribution in [3.63, 3.8) is 0 Å². The summed E-state index contributed by atoms with van der Waals surface area (Å²) >= 11 is 0. The maximum Gasteiger partial charge on any atom is 0.343 e. The molecule has 0 fully saturated rings. The Morgan fingerprint density at radius 3 is 2.43 bits per heavy atom. The molecule has 2 atom stereocenters. The van der Waals surface area contributed by atoms with Crippen LogP contribution in [-0.4, -0.2) is 31.6 Å². The number of rotatable bonds is 7. The molecule has 0 aliphatic heterocycles. The van der Waals surface area contributed by atoms with E-state index in [0.717, 1.165) is 6.42 Å². The molecule has 1 aromatic rings. The third kappa shape index (κ3) is 5.43. The van der Waals surface area contributed by atoms with Crippen LogP contribution in [0.15, 0.2) is 24.3 Å². The summed E-state index contributed by atoms with van der Waals surface area (Å²) < 4.78 is 9.68. The molecule has 1 rings (SSSR count). The maximum atomic E-state index is 11.9. The Morgan fingerprint density at radius 1 is 1.29 bits per heavy atom. The first kappa shape index (κ1) is 17.0. The minimum atomic E-state index is -0.537. The van der Waals surface area contributed by atoms with Crippen LogP contribution < -0.4 is 15.8 Å². The molecule has 6 heteroatoms. The normalized spacial score (nSPS) is 13.1. The second-order valence-corrected chi connectivity index (χ2v) is 4.79. The average molecular weight is 294 g/mol. The van der Waals surface area contributed by atoms with Crippen LogP contribution in [0, 0.1) is 5.92 Å². The molecule has 116 valence electrons. The lowest BCUT2D eigenvalue weighted by Gasteiger charge is -2.17. The standard InChI is InChI=1S/C15H22N2O4/c1-4-10(2)14(16)15(19)17-11-5-7-12(8-6-11)21-9-13(18)20-3/h5-8,10,14H,4,9,16H2,1-3H3,(H,17,19). The number of carbonyl (C=O) groups excluding carboxylic acids is 2. The lowest BCUT2D eigenvalue weighted by Crippen LogP contribution is -2.40. The van der Waals surface area contributed by atoms with Crippen molar-refractivity contribution in [3.05, 3.63) is 24.3 Å². The van der Waals surface area contributed by atoms with Gasteiger partial charge in [0.25, 0.3) is 0 Å². The zero-order valence-corrected chi connectivity index (χ0v) is 12.6. The van der Waals surface area contributed by atoms with Crippen LogP contribution in [0.1, 0.15) is 20.3 Å². The number of nitrogens with one attached hydrogen (secondary N) is 1. The lowest BCUT2D eigenvalue weighted by atomic mass is 9.99. The fourth-order valence-electron chi connectivity index (χ4n) is 1.57. The summed E-state index contributed by atoms with van der Waals surface area (Å²) in [4.78, 5) is 22.9. The van der Waals surface area contributed by atoms with Crippen LogP contribution in [0.3, 0.4) is 0 Å². The number of hydrogen-bond donors (Lipinski definition) is 2. The smallest absolute Gasteiger partial charge is 0.343 e. The van der Waals surface area contributed by atoms with E-state index in [4.69, 9.17) is 10.5 Å². The molecule has 2 unspecified atom stereocenters. The third-order valence-corrected chi connectivity index (χ3v) is 3.27. The number of esters is 1. The van der Waals surface area contributed by atoms with Crippen LogP contribution in [0.5, 0.6) is 5.75 Å². The molecule has 0 spiro atoms. The molecule has 1 amide bonds. The van der Waals surface area contributed by atoms with Gasteiger partial charge in [-0.25, -0.2) is 4.79 Å². The molecule has 21 heavy (non-hydrogen) atoms. The number of amides is 1. The summed E-state index contributed by atoms with van der Waals surface area (Å²) in [6.45, 7) is 3.78. The van der Waals surface area contributed by atoms with E-state index in [0.29, 0.717) is 11.4 Å². The molecular formula is C15H22N2O4. The van der Waals surface area contributed by atoms with Gasteiger partial charge in [0.1, 0.15) is 5.75 Å². The van der Waals surface area contributed by atoms with Crippen molar-refractivity contribution in [1.82, 2.24) is 0 Å². The second-order valence-electron chi connectivity index (χ2n) is 4.79. The van der Waals surface area contributed by atoms with Crippen LogP contribution in [0.25, 0.3) is 0 Å². The highest BCUT2D eigenvalue weighted by Gasteiger charge is 2.19. The van der Waals surface area contributed by atoms with Gasteiger partial charge in [0.2, 0.25) is 5.91 Å². The van der Waals surface area contributed by atoms with Gasteiger partial charge in [-0.05, 0) is 30.2 Å². The summed E-state index contributed by atoms with van der Waals surface area (Å²) in [6.07, 6.45) is 0.842. The molecule has 6 nitrogen and oxygen atoms in total. The fourth-order valence-corrected chi connectivity index (χ4v) is 1.57. The van der Waals surface area contributed by atoms with Crippen molar-refractivity contribution >= 4 is 17.6 Å². The van der Waals surface area contributed by atoms with Gasteiger partial charge in [0, 0.05) is 5.69 Å². The first-order valence-corrected chi connectivity index (χ1v) is 6.84. The molecule has 0 aliphatic carbocycles. The van der Waals surface area contributed by atoms with Gasteiger partial charge in [0.15, 0.2) is 6.61 Å². The highest BCUT2D eigenvalue weighted by Crippen LogP contribution is 2.16. The van der Waals surface area contributed by atoms with Crippen LogP contribution in [0.2, 0.25) is 0 Å². The van der Waals surface area contributed by atoms with Crippen molar-refractivity contribution in [1.29, 1.82) is 0 Å². The fraction of sp³-hybridized carbons (Fsp3) is 0.467. The summed E-state index contributed by atoms with van der Waals surface area (Å²) in [5.41, 5.74) is 6.49. The Hall–Kier alpha value is -2.08. The summed E-state index contributed by atoms with van der Waals surface area (Å²) in [7, 11) is 1.30. The number of hydrogen-bond acceptors (Lipinski definition) is 5. The Labute approximate surface area is 124 Å². The van der Waals surface area contributed by atoms with E-state index in [1.165, 1.54) is 7.11 Å². The second kappa shape index (κ2) is 8.26. The molecule has 0 heterocycles. The molecular weight excluding hydrogens is 272 g/mol. The van der Waals surface area contributed by atoms with Crippen LogP contribution in [0.4, 0.5) is 5.69 Å². The Kier molecular flexibility index (Phi) is 6.68. The molecule has 0 bridgehead atoms. The Bertz CT molecular complexity index is 473. The number of nitrogens with two attached hydrogens (primary N) is 1. The van der Waals surface area contributed by atoms with Gasteiger partial charge >= 0.3 is 5.97 Å². The zero-order chi connectivity index (χ0) is 15.8. The van der Waals surface area contributed by atoms with Crippen molar-refractivity contribution in [3.8, 4) is 5.75 Å². The summed E-state index contributed by atoms with van der Waals surface area (Å²) in [5, 5.41) is 2.75. The van der Waals surface area contributed by atoms with E-state index in [1.807, 2.05) is 13.8 Å². The number of benzene rings is 1. The van der Waals surface area contributed by atoms with Gasteiger partial charge in [-0.3, -0.25) is 4.79 Å². The number of ether oxygens (including phenoxy) is 2. The lowest BCUT2D eigenvalue weighted by molar-refractivity contribution is -0.142. The minimum Gasteiger partial charge on any atom is -0.482 e. The number of methoxy groups -OCH3 is 1. The van der Waals surface area contributed by atoms with Crippen molar-refractivity contribution in [2.45, 2.75) is 26.3 Å².